The standard InChI is InChI=1S/C12H10BrN3O2/c1-7-4-6-15-12(18)9(7)16-11(17)8-3-2-5-14-10(8)13/h2-6H,1H3,(H,15,18)(H,16,17). The molecule has 1 amide bonds. The van der Waals surface area contributed by atoms with E-state index in [1.54, 1.807) is 31.3 Å². The molecule has 0 radical (unpaired) electrons. The van der Waals surface area contributed by atoms with Crippen molar-refractivity contribution in [2.75, 3.05) is 5.32 Å². The summed E-state index contributed by atoms with van der Waals surface area (Å²) in [4.78, 5) is 19.7. The van der Waals surface area contributed by atoms with Crippen LogP contribution in [0.3, 0.4) is 0 Å². The van der Waals surface area contributed by atoms with Crippen LogP contribution in [0.5, 0.6) is 5.88 Å². The Bertz CT molecular complexity index is 581. The van der Waals surface area contributed by atoms with Crippen LogP contribution >= 0.6 is 15.9 Å². The Kier molecular flexibility index (Phi) is 3.57. The van der Waals surface area contributed by atoms with E-state index >= 15 is 0 Å². The van der Waals surface area contributed by atoms with E-state index in [0.717, 1.165) is 5.56 Å². The van der Waals surface area contributed by atoms with Crippen LogP contribution in [0.15, 0.2) is 35.2 Å². The molecule has 2 aromatic heterocycles. The number of halogens is 1. The number of pyridine rings is 2. The average molecular weight is 308 g/mol. The Labute approximate surface area is 112 Å². The lowest BCUT2D eigenvalue weighted by Crippen LogP contribution is -2.14. The topological polar surface area (TPSA) is 75.1 Å². The minimum Gasteiger partial charge on any atom is -0.492 e. The van der Waals surface area contributed by atoms with Crippen LogP contribution in [0.1, 0.15) is 15.9 Å². The van der Waals surface area contributed by atoms with Gasteiger partial charge in [0.25, 0.3) is 5.91 Å². The van der Waals surface area contributed by atoms with Gasteiger partial charge in [-0.2, -0.15) is 0 Å². The third-order valence-corrected chi connectivity index (χ3v) is 3.01. The first-order chi connectivity index (χ1) is 8.59. The van der Waals surface area contributed by atoms with Crippen molar-refractivity contribution in [1.82, 2.24) is 9.97 Å². The average Bonchev–Trinajstić information content (AvgIpc) is 2.34. The molecule has 0 atom stereocenters. The summed E-state index contributed by atoms with van der Waals surface area (Å²) in [6.45, 7) is 1.77. The normalized spacial score (nSPS) is 10.1. The largest absolute Gasteiger partial charge is 0.492 e. The minimum atomic E-state index is -0.360. The highest BCUT2D eigenvalue weighted by Gasteiger charge is 2.14. The lowest BCUT2D eigenvalue weighted by molar-refractivity contribution is 0.102. The Hall–Kier alpha value is -1.95. The van der Waals surface area contributed by atoms with Crippen LogP contribution in [0.4, 0.5) is 5.69 Å². The highest BCUT2D eigenvalue weighted by Crippen LogP contribution is 2.25. The van der Waals surface area contributed by atoms with Crippen LogP contribution in [-0.4, -0.2) is 21.0 Å². The van der Waals surface area contributed by atoms with Gasteiger partial charge in [0.2, 0.25) is 5.88 Å². The summed E-state index contributed by atoms with van der Waals surface area (Å²) in [7, 11) is 0. The van der Waals surface area contributed by atoms with E-state index < -0.39 is 0 Å². The zero-order valence-electron chi connectivity index (χ0n) is 9.51. The molecule has 0 unspecified atom stereocenters. The summed E-state index contributed by atoms with van der Waals surface area (Å²) in [6.07, 6.45) is 3.05. The number of rotatable bonds is 2. The van der Waals surface area contributed by atoms with Crippen molar-refractivity contribution < 1.29 is 9.90 Å². The maximum atomic E-state index is 12.0. The summed E-state index contributed by atoms with van der Waals surface area (Å²) in [5.74, 6) is -0.565. The van der Waals surface area contributed by atoms with Gasteiger partial charge in [-0.25, -0.2) is 9.97 Å². The quantitative estimate of drug-likeness (QED) is 0.836. The van der Waals surface area contributed by atoms with Crippen LogP contribution in [0.25, 0.3) is 0 Å². The Morgan fingerprint density at radius 3 is 2.78 bits per heavy atom. The zero-order chi connectivity index (χ0) is 13.1. The summed E-state index contributed by atoms with van der Waals surface area (Å²) < 4.78 is 0.448. The number of anilines is 1. The number of aromatic hydroxyl groups is 1. The zero-order valence-corrected chi connectivity index (χ0v) is 11.1. The first-order valence-corrected chi connectivity index (χ1v) is 5.95. The molecule has 2 N–H and O–H groups in total. The van der Waals surface area contributed by atoms with Crippen molar-refractivity contribution in [2.45, 2.75) is 6.92 Å². The van der Waals surface area contributed by atoms with E-state index in [1.165, 1.54) is 6.20 Å². The van der Waals surface area contributed by atoms with E-state index in [9.17, 15) is 9.90 Å². The van der Waals surface area contributed by atoms with Crippen LogP contribution in [0.2, 0.25) is 0 Å². The number of aromatic nitrogens is 2. The number of amides is 1. The lowest BCUT2D eigenvalue weighted by atomic mass is 10.2. The fourth-order valence-electron chi connectivity index (χ4n) is 1.43. The third kappa shape index (κ3) is 2.48. The number of nitrogens with one attached hydrogen (secondary N) is 1. The van der Waals surface area contributed by atoms with Crippen molar-refractivity contribution >= 4 is 27.5 Å². The predicted molar refractivity (Wildman–Crippen MR) is 70.5 cm³/mol. The molecule has 0 aromatic carbocycles. The van der Waals surface area contributed by atoms with Crippen molar-refractivity contribution in [3.63, 3.8) is 0 Å². The number of carbonyl (C=O) groups excluding carboxylic acids is 1. The van der Waals surface area contributed by atoms with Crippen molar-refractivity contribution in [2.24, 2.45) is 0 Å². The first-order valence-electron chi connectivity index (χ1n) is 5.16. The summed E-state index contributed by atoms with van der Waals surface area (Å²) in [6, 6.07) is 5.00. The second-order valence-electron chi connectivity index (χ2n) is 3.62. The smallest absolute Gasteiger partial charge is 0.258 e. The number of aryl methyl sites for hydroxylation is 1. The molecule has 0 bridgehead atoms. The molecule has 2 heterocycles. The molecule has 2 aromatic rings. The van der Waals surface area contributed by atoms with Crippen LogP contribution in [-0.2, 0) is 0 Å². The number of nitrogens with zero attached hydrogens (tertiary/aromatic N) is 2. The Morgan fingerprint density at radius 2 is 2.11 bits per heavy atom. The molecule has 0 aliphatic carbocycles. The molecule has 0 aliphatic heterocycles. The van der Waals surface area contributed by atoms with E-state index in [0.29, 0.717) is 15.9 Å². The third-order valence-electron chi connectivity index (χ3n) is 2.38. The fourth-order valence-corrected chi connectivity index (χ4v) is 1.87. The monoisotopic (exact) mass is 307 g/mol. The molecular weight excluding hydrogens is 298 g/mol. The van der Waals surface area contributed by atoms with Gasteiger partial charge in [-0.15, -0.1) is 0 Å². The first kappa shape index (κ1) is 12.5. The maximum Gasteiger partial charge on any atom is 0.258 e. The number of hydrogen-bond donors (Lipinski definition) is 2. The van der Waals surface area contributed by atoms with Crippen LogP contribution in [0, 0.1) is 6.92 Å². The van der Waals surface area contributed by atoms with Crippen molar-refractivity contribution in [3.8, 4) is 5.88 Å². The second kappa shape index (κ2) is 5.14. The van der Waals surface area contributed by atoms with Crippen molar-refractivity contribution in [1.29, 1.82) is 0 Å². The van der Waals surface area contributed by atoms with E-state index in [4.69, 9.17) is 0 Å². The Morgan fingerprint density at radius 1 is 1.33 bits per heavy atom. The molecule has 0 spiro atoms. The number of hydrogen-bond acceptors (Lipinski definition) is 4. The molecule has 6 heteroatoms. The van der Waals surface area contributed by atoms with Gasteiger partial charge in [0.05, 0.1) is 5.56 Å². The lowest BCUT2D eigenvalue weighted by Gasteiger charge is -2.09. The van der Waals surface area contributed by atoms with Gasteiger partial charge in [0.15, 0.2) is 0 Å². The molecular formula is C12H10BrN3O2. The van der Waals surface area contributed by atoms with Gasteiger partial charge in [0, 0.05) is 12.4 Å². The van der Waals surface area contributed by atoms with E-state index in [-0.39, 0.29) is 11.8 Å². The SMILES string of the molecule is Cc1ccnc(O)c1NC(=O)c1cccnc1Br. The van der Waals surface area contributed by atoms with Gasteiger partial charge in [-0.1, -0.05) is 0 Å². The van der Waals surface area contributed by atoms with Crippen molar-refractivity contribution in [3.05, 3.63) is 46.3 Å². The maximum absolute atomic E-state index is 12.0. The fraction of sp³-hybridized carbons (Fsp3) is 0.0833. The second-order valence-corrected chi connectivity index (χ2v) is 4.37. The minimum absolute atomic E-state index is 0.205. The molecule has 0 saturated heterocycles. The highest BCUT2D eigenvalue weighted by molar-refractivity contribution is 9.10. The predicted octanol–water partition coefficient (Wildman–Crippen LogP) is 2.51. The molecule has 0 fully saturated rings. The molecule has 5 nitrogen and oxygen atoms in total. The molecule has 92 valence electrons. The van der Waals surface area contributed by atoms with Gasteiger partial charge in [-0.3, -0.25) is 4.79 Å². The molecule has 2 rings (SSSR count). The van der Waals surface area contributed by atoms with Gasteiger partial charge in [0.1, 0.15) is 10.3 Å². The number of carbonyl (C=O) groups is 1. The summed E-state index contributed by atoms with van der Waals surface area (Å²) >= 11 is 3.20. The molecule has 0 saturated carbocycles. The summed E-state index contributed by atoms with van der Waals surface area (Å²) in [5.41, 5.74) is 1.43. The molecule has 0 aliphatic rings. The molecule has 18 heavy (non-hydrogen) atoms. The van der Waals surface area contributed by atoms with Gasteiger partial charge < -0.3 is 10.4 Å². The van der Waals surface area contributed by atoms with Crippen LogP contribution < -0.4 is 5.32 Å². The Balaban J connectivity index is 2.30. The van der Waals surface area contributed by atoms with Gasteiger partial charge in [-0.05, 0) is 46.6 Å². The van der Waals surface area contributed by atoms with Gasteiger partial charge >= 0.3 is 0 Å². The summed E-state index contributed by atoms with van der Waals surface area (Å²) in [5, 5.41) is 12.2. The van der Waals surface area contributed by atoms with E-state index in [1.807, 2.05) is 0 Å². The van der Waals surface area contributed by atoms with E-state index in [2.05, 4.69) is 31.2 Å². The highest BCUT2D eigenvalue weighted by atomic mass is 79.9.